The predicted octanol–water partition coefficient (Wildman–Crippen LogP) is 4.40. The van der Waals surface area contributed by atoms with Gasteiger partial charge < -0.3 is 35.3 Å². The molecule has 10 heteroatoms. The van der Waals surface area contributed by atoms with Crippen molar-refractivity contribution in [2.24, 2.45) is 0 Å². The van der Waals surface area contributed by atoms with Gasteiger partial charge in [-0.25, -0.2) is 0 Å². The molecule has 3 aromatic carbocycles. The SMILES string of the molecule is COc1cc2c(c(OC)c1OC)-c1ccc(NCCCC(=O)Nc3cccc(O)c3)c(=O)cc1C(NC(C)=O)CC2. The number of carbonyl (C=O) groups excluding carboxylic acids is 2. The van der Waals surface area contributed by atoms with E-state index in [0.717, 1.165) is 16.7 Å². The van der Waals surface area contributed by atoms with Crippen molar-refractivity contribution in [1.29, 1.82) is 0 Å². The second kappa shape index (κ2) is 13.1. The third-order valence-corrected chi connectivity index (χ3v) is 6.94. The summed E-state index contributed by atoms with van der Waals surface area (Å²) in [7, 11) is 4.66. The minimum atomic E-state index is -0.398. The van der Waals surface area contributed by atoms with Gasteiger partial charge in [0.2, 0.25) is 23.0 Å². The smallest absolute Gasteiger partial charge is 0.224 e. The molecule has 4 rings (SSSR count). The molecule has 1 unspecified atom stereocenters. The van der Waals surface area contributed by atoms with Gasteiger partial charge in [-0.2, -0.15) is 0 Å². The number of phenols is 1. The second-order valence-corrected chi connectivity index (χ2v) is 9.72. The lowest BCUT2D eigenvalue weighted by atomic mass is 9.95. The Bertz CT molecular complexity index is 1510. The Labute approximate surface area is 238 Å². The van der Waals surface area contributed by atoms with E-state index in [-0.39, 0.29) is 29.4 Å². The summed E-state index contributed by atoms with van der Waals surface area (Å²) in [6, 6.07) is 13.0. The highest BCUT2D eigenvalue weighted by Gasteiger charge is 2.29. The van der Waals surface area contributed by atoms with Crippen molar-refractivity contribution in [2.45, 2.75) is 38.6 Å². The van der Waals surface area contributed by atoms with Crippen molar-refractivity contribution in [3.63, 3.8) is 0 Å². The standard InChI is InChI=1S/C31H35N3O7/c1-18(35)33-24-12-10-19-15-27(39-2)30(40-3)31(41-4)29(19)22-11-13-25(26(37)17-23(22)24)32-14-6-9-28(38)34-20-7-5-8-21(36)16-20/h5,7-8,11,13,15-17,24,36H,6,9-10,12,14H2,1-4H3,(H,32,37)(H,33,35)(H,34,38). The van der Waals surface area contributed by atoms with Crippen molar-refractivity contribution < 1.29 is 28.9 Å². The third kappa shape index (κ3) is 6.71. The molecule has 10 nitrogen and oxygen atoms in total. The number of aromatic hydroxyl groups is 1. The number of rotatable bonds is 10. The number of phenolic OH excluding ortho intramolecular Hbond substituents is 1. The molecule has 41 heavy (non-hydrogen) atoms. The van der Waals surface area contributed by atoms with Gasteiger partial charge in [0.15, 0.2) is 11.5 Å². The first-order valence-corrected chi connectivity index (χ1v) is 13.4. The maximum Gasteiger partial charge on any atom is 0.224 e. The lowest BCUT2D eigenvalue weighted by Crippen LogP contribution is -2.26. The van der Waals surface area contributed by atoms with Crippen LogP contribution in [-0.4, -0.2) is 44.8 Å². The molecule has 1 aliphatic rings. The number of benzene rings is 2. The fourth-order valence-electron chi connectivity index (χ4n) is 5.13. The zero-order valence-electron chi connectivity index (χ0n) is 23.6. The number of carbonyl (C=O) groups is 2. The number of hydrogen-bond donors (Lipinski definition) is 4. The Morgan fingerprint density at radius 3 is 2.46 bits per heavy atom. The molecular formula is C31H35N3O7. The largest absolute Gasteiger partial charge is 0.508 e. The number of fused-ring (bicyclic) bond motifs is 3. The summed E-state index contributed by atoms with van der Waals surface area (Å²) < 4.78 is 17.0. The maximum atomic E-state index is 13.4. The fourth-order valence-corrected chi connectivity index (χ4v) is 5.13. The number of amides is 2. The van der Waals surface area contributed by atoms with Gasteiger partial charge >= 0.3 is 0 Å². The van der Waals surface area contributed by atoms with Crippen LogP contribution >= 0.6 is 0 Å². The molecule has 0 radical (unpaired) electrons. The summed E-state index contributed by atoms with van der Waals surface area (Å²) in [6.07, 6.45) is 1.88. The minimum Gasteiger partial charge on any atom is -0.508 e. The van der Waals surface area contributed by atoms with Crippen LogP contribution in [0.25, 0.3) is 11.1 Å². The van der Waals surface area contributed by atoms with E-state index in [1.165, 1.54) is 26.2 Å². The van der Waals surface area contributed by atoms with Crippen LogP contribution in [0.15, 0.2) is 53.3 Å². The molecule has 1 aliphatic carbocycles. The molecule has 0 aliphatic heterocycles. The molecule has 0 fully saturated rings. The molecule has 3 aromatic rings. The van der Waals surface area contributed by atoms with Gasteiger partial charge in [-0.05, 0) is 66.3 Å². The van der Waals surface area contributed by atoms with Crippen LogP contribution in [0.5, 0.6) is 23.0 Å². The van der Waals surface area contributed by atoms with Crippen molar-refractivity contribution in [1.82, 2.24) is 5.32 Å². The normalized spacial score (nSPS) is 13.6. The van der Waals surface area contributed by atoms with E-state index >= 15 is 0 Å². The number of aryl methyl sites for hydroxylation is 1. The molecular weight excluding hydrogens is 526 g/mol. The number of ether oxygens (including phenoxy) is 3. The van der Waals surface area contributed by atoms with Gasteiger partial charge in [-0.1, -0.05) is 12.1 Å². The first kappa shape index (κ1) is 29.3. The van der Waals surface area contributed by atoms with E-state index in [0.29, 0.717) is 60.0 Å². The number of nitrogens with one attached hydrogen (secondary N) is 3. The van der Waals surface area contributed by atoms with E-state index < -0.39 is 6.04 Å². The molecule has 0 bridgehead atoms. The van der Waals surface area contributed by atoms with Crippen LogP contribution in [0.2, 0.25) is 0 Å². The van der Waals surface area contributed by atoms with Crippen LogP contribution in [-0.2, 0) is 16.0 Å². The zero-order valence-corrected chi connectivity index (χ0v) is 23.6. The summed E-state index contributed by atoms with van der Waals surface area (Å²) in [5.41, 5.74) is 3.78. The monoisotopic (exact) mass is 561 g/mol. The quantitative estimate of drug-likeness (QED) is 0.268. The van der Waals surface area contributed by atoms with Gasteiger partial charge in [-0.3, -0.25) is 14.4 Å². The van der Waals surface area contributed by atoms with Gasteiger partial charge in [0.1, 0.15) is 5.75 Å². The summed E-state index contributed by atoms with van der Waals surface area (Å²) in [5, 5.41) is 18.5. The Balaban J connectivity index is 1.63. The van der Waals surface area contributed by atoms with E-state index in [1.807, 2.05) is 12.1 Å². The maximum absolute atomic E-state index is 13.4. The van der Waals surface area contributed by atoms with Crippen LogP contribution in [0.4, 0.5) is 11.4 Å². The predicted molar refractivity (Wildman–Crippen MR) is 157 cm³/mol. The highest BCUT2D eigenvalue weighted by molar-refractivity contribution is 5.91. The lowest BCUT2D eigenvalue weighted by molar-refractivity contribution is -0.119. The van der Waals surface area contributed by atoms with E-state index in [9.17, 15) is 19.5 Å². The minimum absolute atomic E-state index is 0.0707. The Kier molecular flexibility index (Phi) is 9.34. The third-order valence-electron chi connectivity index (χ3n) is 6.94. The summed E-state index contributed by atoms with van der Waals surface area (Å²) >= 11 is 0. The van der Waals surface area contributed by atoms with Gasteiger partial charge in [-0.15, -0.1) is 0 Å². The van der Waals surface area contributed by atoms with E-state index in [2.05, 4.69) is 16.0 Å². The van der Waals surface area contributed by atoms with Crippen LogP contribution in [0.1, 0.15) is 43.4 Å². The molecule has 216 valence electrons. The van der Waals surface area contributed by atoms with Crippen molar-refractivity contribution in [2.75, 3.05) is 38.5 Å². The average Bonchev–Trinajstić information content (AvgIpc) is 3.18. The number of anilines is 2. The van der Waals surface area contributed by atoms with Gasteiger partial charge in [0.05, 0.1) is 33.1 Å². The van der Waals surface area contributed by atoms with E-state index in [4.69, 9.17) is 14.2 Å². The first-order valence-electron chi connectivity index (χ1n) is 13.4. The van der Waals surface area contributed by atoms with Gasteiger partial charge in [0.25, 0.3) is 0 Å². The molecule has 0 aromatic heterocycles. The Hall–Kier alpha value is -4.73. The van der Waals surface area contributed by atoms with Crippen LogP contribution in [0, 0.1) is 0 Å². The summed E-state index contributed by atoms with van der Waals surface area (Å²) in [4.78, 5) is 37.8. The molecule has 2 amide bonds. The molecule has 0 spiro atoms. The van der Waals surface area contributed by atoms with Crippen molar-refractivity contribution in [3.05, 3.63) is 69.9 Å². The van der Waals surface area contributed by atoms with Crippen molar-refractivity contribution >= 4 is 23.2 Å². The van der Waals surface area contributed by atoms with Gasteiger partial charge in [0, 0.05) is 37.2 Å². The van der Waals surface area contributed by atoms with Crippen molar-refractivity contribution in [3.8, 4) is 34.1 Å². The highest BCUT2D eigenvalue weighted by Crippen LogP contribution is 2.50. The Morgan fingerprint density at radius 2 is 1.78 bits per heavy atom. The summed E-state index contributed by atoms with van der Waals surface area (Å²) in [5.74, 6) is 1.13. The molecule has 1 atom stereocenters. The molecule has 4 N–H and O–H groups in total. The first-order chi connectivity index (χ1) is 19.7. The molecule has 0 heterocycles. The average molecular weight is 562 g/mol. The Morgan fingerprint density at radius 1 is 1.00 bits per heavy atom. The van der Waals surface area contributed by atoms with Crippen LogP contribution < -0.4 is 35.6 Å². The second-order valence-electron chi connectivity index (χ2n) is 9.72. The molecule has 0 saturated heterocycles. The van der Waals surface area contributed by atoms with E-state index in [1.54, 1.807) is 38.5 Å². The number of hydrogen-bond acceptors (Lipinski definition) is 8. The highest BCUT2D eigenvalue weighted by atomic mass is 16.5. The molecule has 0 saturated carbocycles. The zero-order chi connectivity index (χ0) is 29.5. The topological polar surface area (TPSA) is 135 Å². The number of methoxy groups -OCH3 is 3. The summed E-state index contributed by atoms with van der Waals surface area (Å²) in [6.45, 7) is 1.84. The van der Waals surface area contributed by atoms with Crippen LogP contribution in [0.3, 0.4) is 0 Å². The fraction of sp³-hybridized carbons (Fsp3) is 0.323. The lowest BCUT2D eigenvalue weighted by Gasteiger charge is -2.19.